The lowest BCUT2D eigenvalue weighted by molar-refractivity contribution is 0.0480. The monoisotopic (exact) mass is 517 g/mol. The lowest BCUT2D eigenvalue weighted by Gasteiger charge is -2.25. The molecule has 1 unspecified atom stereocenters. The molecule has 8 heteroatoms. The SMILES string of the molecule is Cc1nccc2c1c(=O)n(C)c1cc(OCC(CC(C)C)NC(=O)OC(C)(C)C)c(Br)cc21. The van der Waals surface area contributed by atoms with Crippen LogP contribution in [0.1, 0.15) is 46.7 Å². The second kappa shape index (κ2) is 9.71. The Morgan fingerprint density at radius 2 is 1.94 bits per heavy atom. The molecule has 0 saturated carbocycles. The van der Waals surface area contributed by atoms with Crippen molar-refractivity contribution in [3.63, 3.8) is 0 Å². The van der Waals surface area contributed by atoms with Gasteiger partial charge in [0.2, 0.25) is 0 Å². The topological polar surface area (TPSA) is 82.5 Å². The molecule has 0 aliphatic carbocycles. The van der Waals surface area contributed by atoms with Crippen LogP contribution in [-0.4, -0.2) is 33.9 Å². The summed E-state index contributed by atoms with van der Waals surface area (Å²) in [5.74, 6) is 0.958. The lowest BCUT2D eigenvalue weighted by Crippen LogP contribution is -2.42. The van der Waals surface area contributed by atoms with Crippen molar-refractivity contribution in [2.45, 2.75) is 59.6 Å². The Kier molecular flexibility index (Phi) is 7.36. The second-order valence-electron chi connectivity index (χ2n) is 9.77. The minimum atomic E-state index is -0.573. The first-order chi connectivity index (χ1) is 15.4. The molecule has 0 aliphatic heterocycles. The molecule has 1 amide bonds. The van der Waals surface area contributed by atoms with Crippen LogP contribution in [0.15, 0.2) is 33.7 Å². The maximum atomic E-state index is 13.0. The third kappa shape index (κ3) is 5.85. The smallest absolute Gasteiger partial charge is 0.407 e. The number of rotatable bonds is 6. The highest BCUT2D eigenvalue weighted by molar-refractivity contribution is 9.10. The van der Waals surface area contributed by atoms with E-state index in [9.17, 15) is 9.59 Å². The molecule has 7 nitrogen and oxygen atoms in total. The van der Waals surface area contributed by atoms with Gasteiger partial charge in [0.25, 0.3) is 5.56 Å². The number of aryl methyl sites for hydroxylation is 2. The second-order valence-corrected chi connectivity index (χ2v) is 10.6. The van der Waals surface area contributed by atoms with E-state index in [4.69, 9.17) is 9.47 Å². The number of ether oxygens (including phenoxy) is 2. The van der Waals surface area contributed by atoms with Crippen molar-refractivity contribution in [2.75, 3.05) is 6.61 Å². The quantitative estimate of drug-likeness (QED) is 0.438. The molecule has 2 heterocycles. The Morgan fingerprint density at radius 3 is 2.58 bits per heavy atom. The fourth-order valence-electron chi connectivity index (χ4n) is 3.89. The number of alkyl carbamates (subject to hydrolysis) is 1. The van der Waals surface area contributed by atoms with Crippen molar-refractivity contribution in [1.82, 2.24) is 14.9 Å². The number of hydrogen-bond acceptors (Lipinski definition) is 5. The Morgan fingerprint density at radius 1 is 1.24 bits per heavy atom. The Balaban J connectivity index is 1.92. The van der Waals surface area contributed by atoms with Crippen molar-refractivity contribution in [3.05, 3.63) is 44.9 Å². The summed E-state index contributed by atoms with van der Waals surface area (Å²) in [6, 6.07) is 5.46. The van der Waals surface area contributed by atoms with E-state index in [0.717, 1.165) is 27.2 Å². The Hall–Kier alpha value is -2.61. The van der Waals surface area contributed by atoms with Gasteiger partial charge in [-0.2, -0.15) is 0 Å². The van der Waals surface area contributed by atoms with Crippen molar-refractivity contribution in [2.24, 2.45) is 13.0 Å². The number of fused-ring (bicyclic) bond motifs is 3. The summed E-state index contributed by atoms with van der Waals surface area (Å²) in [6.45, 7) is 11.8. The lowest BCUT2D eigenvalue weighted by atomic mass is 10.0. The number of amides is 1. The van der Waals surface area contributed by atoms with E-state index < -0.39 is 11.7 Å². The van der Waals surface area contributed by atoms with Gasteiger partial charge in [-0.25, -0.2) is 4.79 Å². The number of carbonyl (C=O) groups is 1. The maximum Gasteiger partial charge on any atom is 0.407 e. The molecule has 0 spiro atoms. The third-order valence-corrected chi connectivity index (χ3v) is 5.90. The molecule has 0 saturated heterocycles. The van der Waals surface area contributed by atoms with Gasteiger partial charge in [-0.15, -0.1) is 0 Å². The van der Waals surface area contributed by atoms with Crippen molar-refractivity contribution in [3.8, 4) is 5.75 Å². The van der Waals surface area contributed by atoms with E-state index in [1.54, 1.807) is 17.8 Å². The predicted molar refractivity (Wildman–Crippen MR) is 135 cm³/mol. The molecule has 3 rings (SSSR count). The summed E-state index contributed by atoms with van der Waals surface area (Å²) in [7, 11) is 1.75. The zero-order chi connectivity index (χ0) is 24.5. The van der Waals surface area contributed by atoms with E-state index >= 15 is 0 Å². The van der Waals surface area contributed by atoms with E-state index in [-0.39, 0.29) is 18.2 Å². The average molecular weight is 518 g/mol. The average Bonchev–Trinajstić information content (AvgIpc) is 2.68. The van der Waals surface area contributed by atoms with Crippen LogP contribution in [0, 0.1) is 12.8 Å². The molecular formula is C25H32BrN3O4. The zero-order valence-corrected chi connectivity index (χ0v) is 21.9. The molecule has 3 aromatic rings. The van der Waals surface area contributed by atoms with Crippen LogP contribution in [-0.2, 0) is 11.8 Å². The molecule has 1 N–H and O–H groups in total. The third-order valence-electron chi connectivity index (χ3n) is 5.28. The first-order valence-electron chi connectivity index (χ1n) is 11.1. The minimum absolute atomic E-state index is 0.0966. The molecule has 1 atom stereocenters. The van der Waals surface area contributed by atoms with Crippen LogP contribution in [0.2, 0.25) is 0 Å². The number of benzene rings is 1. The molecule has 1 aromatic carbocycles. The van der Waals surface area contributed by atoms with E-state index in [2.05, 4.69) is 40.1 Å². The fraction of sp³-hybridized carbons (Fsp3) is 0.480. The number of nitrogens with one attached hydrogen (secondary N) is 1. The van der Waals surface area contributed by atoms with Gasteiger partial charge >= 0.3 is 6.09 Å². The van der Waals surface area contributed by atoms with Gasteiger partial charge in [0.1, 0.15) is 18.0 Å². The summed E-state index contributed by atoms with van der Waals surface area (Å²) in [5.41, 5.74) is 0.796. The van der Waals surface area contributed by atoms with Crippen molar-refractivity contribution in [1.29, 1.82) is 0 Å². The minimum Gasteiger partial charge on any atom is -0.490 e. The summed E-state index contributed by atoms with van der Waals surface area (Å²) < 4.78 is 13.9. The number of hydrogen-bond donors (Lipinski definition) is 1. The number of nitrogens with zero attached hydrogens (tertiary/aromatic N) is 2. The first kappa shape index (κ1) is 25.0. The highest BCUT2D eigenvalue weighted by Gasteiger charge is 2.21. The van der Waals surface area contributed by atoms with Crippen LogP contribution in [0.4, 0.5) is 4.79 Å². The summed E-state index contributed by atoms with van der Waals surface area (Å²) in [6.07, 6.45) is 1.99. The summed E-state index contributed by atoms with van der Waals surface area (Å²) in [5, 5.41) is 5.33. The van der Waals surface area contributed by atoms with E-state index in [0.29, 0.717) is 22.7 Å². The van der Waals surface area contributed by atoms with Crippen molar-refractivity contribution < 1.29 is 14.3 Å². The van der Waals surface area contributed by atoms with Crippen molar-refractivity contribution >= 4 is 43.7 Å². The maximum absolute atomic E-state index is 13.0. The summed E-state index contributed by atoms with van der Waals surface area (Å²) >= 11 is 3.62. The van der Waals surface area contributed by atoms with Gasteiger partial charge in [0.05, 0.1) is 27.1 Å². The van der Waals surface area contributed by atoms with Gasteiger partial charge in [-0.3, -0.25) is 9.78 Å². The molecule has 33 heavy (non-hydrogen) atoms. The van der Waals surface area contributed by atoms with E-state index in [1.165, 1.54) is 0 Å². The molecule has 178 valence electrons. The van der Waals surface area contributed by atoms with Crippen LogP contribution in [0.25, 0.3) is 21.7 Å². The first-order valence-corrected chi connectivity index (χ1v) is 11.9. The van der Waals surface area contributed by atoms with Gasteiger partial charge in [-0.1, -0.05) is 13.8 Å². The number of carbonyl (C=O) groups excluding carboxylic acids is 1. The van der Waals surface area contributed by atoms with Gasteiger partial charge in [0.15, 0.2) is 0 Å². The fourth-order valence-corrected chi connectivity index (χ4v) is 4.34. The standard InChI is InChI=1S/C25H32BrN3O4/c1-14(2)10-16(28-24(31)33-25(4,5)6)13-32-21-12-20-18(11-19(21)26)17-8-9-27-15(3)22(17)23(30)29(20)7/h8-9,11-12,14,16H,10,13H2,1-7H3,(H,28,31). The van der Waals surface area contributed by atoms with Crippen LogP contribution >= 0.6 is 15.9 Å². The van der Waals surface area contributed by atoms with Gasteiger partial charge in [-0.05, 0) is 73.5 Å². The van der Waals surface area contributed by atoms with Crippen LogP contribution in [0.5, 0.6) is 5.75 Å². The highest BCUT2D eigenvalue weighted by Crippen LogP contribution is 2.33. The Bertz CT molecular complexity index is 1240. The molecule has 0 bridgehead atoms. The normalized spacial score (nSPS) is 12.9. The molecule has 0 fully saturated rings. The largest absolute Gasteiger partial charge is 0.490 e. The van der Waals surface area contributed by atoms with Gasteiger partial charge in [0, 0.05) is 24.7 Å². The number of aromatic nitrogens is 2. The summed E-state index contributed by atoms with van der Waals surface area (Å²) in [4.78, 5) is 29.6. The number of halogens is 1. The molecule has 0 aliphatic rings. The van der Waals surface area contributed by atoms with E-state index in [1.807, 2.05) is 45.9 Å². The zero-order valence-electron chi connectivity index (χ0n) is 20.3. The van der Waals surface area contributed by atoms with Crippen LogP contribution in [0.3, 0.4) is 0 Å². The predicted octanol–water partition coefficient (Wildman–Crippen LogP) is 5.48. The molecule has 2 aromatic heterocycles. The van der Waals surface area contributed by atoms with Gasteiger partial charge < -0.3 is 19.4 Å². The molecule has 0 radical (unpaired) electrons. The Labute approximate surface area is 202 Å². The van der Waals surface area contributed by atoms with Crippen LogP contribution < -0.4 is 15.6 Å². The number of pyridine rings is 2. The highest BCUT2D eigenvalue weighted by atomic mass is 79.9. The molecular weight excluding hydrogens is 486 g/mol.